The number of aromatic nitrogens is 2. The molecule has 0 saturated carbocycles. The van der Waals surface area contributed by atoms with Gasteiger partial charge in [-0.15, -0.1) is 0 Å². The number of para-hydroxylation sites is 2. The highest BCUT2D eigenvalue weighted by atomic mass is 15.0. The van der Waals surface area contributed by atoms with Gasteiger partial charge in [-0.1, -0.05) is 36.4 Å². The van der Waals surface area contributed by atoms with Crippen LogP contribution >= 0.6 is 0 Å². The van der Waals surface area contributed by atoms with Gasteiger partial charge in [0.1, 0.15) is 0 Å². The van der Waals surface area contributed by atoms with E-state index in [2.05, 4.69) is 84.8 Å². The Labute approximate surface area is 155 Å². The van der Waals surface area contributed by atoms with E-state index in [-0.39, 0.29) is 0 Å². The molecule has 1 unspecified atom stereocenters. The van der Waals surface area contributed by atoms with Crippen LogP contribution in [0.2, 0.25) is 0 Å². The molecule has 0 aliphatic carbocycles. The number of hydrogen-bond donors (Lipinski definition) is 1. The highest BCUT2D eigenvalue weighted by molar-refractivity contribution is 5.87. The average molecular weight is 345 g/mol. The standard InChI is InChI=1S/C23H27N3/c1-4-26-15-18(19-9-5-8-12-22(19)26)13-17(14-24)23-16(2)25(3)21-11-7-6-10-20(21)23/h5-12,15,17H,4,13-14,24H2,1-3H3. The zero-order valence-corrected chi connectivity index (χ0v) is 15.9. The van der Waals surface area contributed by atoms with Crippen LogP contribution in [0.3, 0.4) is 0 Å². The normalized spacial score (nSPS) is 12.9. The number of rotatable bonds is 5. The first kappa shape index (κ1) is 16.9. The van der Waals surface area contributed by atoms with Gasteiger partial charge in [-0.25, -0.2) is 0 Å². The van der Waals surface area contributed by atoms with Gasteiger partial charge in [0.15, 0.2) is 0 Å². The molecule has 0 aliphatic rings. The second-order valence-electron chi connectivity index (χ2n) is 7.17. The monoisotopic (exact) mass is 345 g/mol. The summed E-state index contributed by atoms with van der Waals surface area (Å²) >= 11 is 0. The summed E-state index contributed by atoms with van der Waals surface area (Å²) < 4.78 is 4.64. The summed E-state index contributed by atoms with van der Waals surface area (Å²) in [5.41, 5.74) is 13.0. The Hall–Kier alpha value is -2.52. The number of nitrogens with two attached hydrogens (primary N) is 1. The van der Waals surface area contributed by atoms with E-state index in [4.69, 9.17) is 5.73 Å². The maximum absolute atomic E-state index is 6.29. The summed E-state index contributed by atoms with van der Waals surface area (Å²) in [6.45, 7) is 6.06. The molecule has 2 aromatic carbocycles. The van der Waals surface area contributed by atoms with Crippen molar-refractivity contribution in [3.63, 3.8) is 0 Å². The fourth-order valence-electron chi connectivity index (χ4n) is 4.38. The zero-order valence-electron chi connectivity index (χ0n) is 15.9. The van der Waals surface area contributed by atoms with E-state index in [0.29, 0.717) is 12.5 Å². The van der Waals surface area contributed by atoms with Crippen molar-refractivity contribution in [1.29, 1.82) is 0 Å². The molecule has 3 heteroatoms. The van der Waals surface area contributed by atoms with Gasteiger partial charge in [0.25, 0.3) is 0 Å². The van der Waals surface area contributed by atoms with Crippen LogP contribution in [0.1, 0.15) is 29.7 Å². The lowest BCUT2D eigenvalue weighted by Gasteiger charge is -2.16. The minimum Gasteiger partial charge on any atom is -0.348 e. The van der Waals surface area contributed by atoms with E-state index in [9.17, 15) is 0 Å². The topological polar surface area (TPSA) is 35.9 Å². The van der Waals surface area contributed by atoms with Crippen LogP contribution in [0.5, 0.6) is 0 Å². The molecule has 26 heavy (non-hydrogen) atoms. The Morgan fingerprint density at radius 2 is 1.62 bits per heavy atom. The van der Waals surface area contributed by atoms with Crippen LogP contribution in [0.4, 0.5) is 0 Å². The first-order chi connectivity index (χ1) is 12.7. The summed E-state index contributed by atoms with van der Waals surface area (Å²) in [7, 11) is 2.15. The van der Waals surface area contributed by atoms with Gasteiger partial charge in [-0.2, -0.15) is 0 Å². The fourth-order valence-corrected chi connectivity index (χ4v) is 4.38. The van der Waals surface area contributed by atoms with Crippen LogP contribution in [0.15, 0.2) is 54.7 Å². The summed E-state index contributed by atoms with van der Waals surface area (Å²) in [5, 5.41) is 2.69. The van der Waals surface area contributed by atoms with E-state index < -0.39 is 0 Å². The molecule has 0 radical (unpaired) electrons. The van der Waals surface area contributed by atoms with Crippen LogP contribution in [0, 0.1) is 6.92 Å². The Bertz CT molecular complexity index is 1070. The molecule has 1 atom stereocenters. The highest BCUT2D eigenvalue weighted by Crippen LogP contribution is 2.34. The third-order valence-electron chi connectivity index (χ3n) is 5.82. The van der Waals surface area contributed by atoms with Crippen molar-refractivity contribution in [1.82, 2.24) is 9.13 Å². The lowest BCUT2D eigenvalue weighted by atomic mass is 9.90. The summed E-state index contributed by atoms with van der Waals surface area (Å²) in [6.07, 6.45) is 3.28. The summed E-state index contributed by atoms with van der Waals surface area (Å²) in [5.74, 6) is 0.317. The molecule has 2 N–H and O–H groups in total. The molecule has 0 amide bonds. The smallest absolute Gasteiger partial charge is 0.0483 e. The Balaban J connectivity index is 1.82. The van der Waals surface area contributed by atoms with Gasteiger partial charge in [-0.3, -0.25) is 0 Å². The number of benzene rings is 2. The lowest BCUT2D eigenvalue weighted by molar-refractivity contribution is 0.686. The maximum atomic E-state index is 6.29. The Morgan fingerprint density at radius 1 is 0.962 bits per heavy atom. The Morgan fingerprint density at radius 3 is 2.31 bits per heavy atom. The highest BCUT2D eigenvalue weighted by Gasteiger charge is 2.21. The van der Waals surface area contributed by atoms with Crippen molar-refractivity contribution < 1.29 is 0 Å². The van der Waals surface area contributed by atoms with Crippen LogP contribution in [-0.2, 0) is 20.0 Å². The quantitative estimate of drug-likeness (QED) is 0.557. The SMILES string of the molecule is CCn1cc(CC(CN)c2c(C)n(C)c3ccccc23)c2ccccc21. The largest absolute Gasteiger partial charge is 0.348 e. The molecule has 0 bridgehead atoms. The van der Waals surface area contributed by atoms with Gasteiger partial charge in [0, 0.05) is 53.2 Å². The molecule has 3 nitrogen and oxygen atoms in total. The molecule has 4 aromatic rings. The number of hydrogen-bond acceptors (Lipinski definition) is 1. The fraction of sp³-hybridized carbons (Fsp3) is 0.304. The lowest BCUT2D eigenvalue weighted by Crippen LogP contribution is -2.16. The maximum Gasteiger partial charge on any atom is 0.0483 e. The van der Waals surface area contributed by atoms with Crippen molar-refractivity contribution >= 4 is 21.8 Å². The first-order valence-electron chi connectivity index (χ1n) is 9.46. The van der Waals surface area contributed by atoms with Crippen molar-refractivity contribution in [2.45, 2.75) is 32.7 Å². The van der Waals surface area contributed by atoms with Gasteiger partial charge < -0.3 is 14.9 Å². The van der Waals surface area contributed by atoms with Crippen LogP contribution in [-0.4, -0.2) is 15.7 Å². The summed E-state index contributed by atoms with van der Waals surface area (Å²) in [6, 6.07) is 17.4. The minimum absolute atomic E-state index is 0.317. The minimum atomic E-state index is 0.317. The molecular formula is C23H27N3. The molecule has 0 aliphatic heterocycles. The van der Waals surface area contributed by atoms with Gasteiger partial charge >= 0.3 is 0 Å². The molecule has 0 fully saturated rings. The molecule has 2 heterocycles. The molecular weight excluding hydrogens is 318 g/mol. The molecule has 4 rings (SSSR count). The van der Waals surface area contributed by atoms with E-state index >= 15 is 0 Å². The van der Waals surface area contributed by atoms with Gasteiger partial charge in [-0.05, 0) is 50.1 Å². The third-order valence-corrected chi connectivity index (χ3v) is 5.82. The molecule has 0 spiro atoms. The van der Waals surface area contributed by atoms with Crippen molar-refractivity contribution in [3.05, 3.63) is 71.5 Å². The predicted octanol–water partition coefficient (Wildman–Crippen LogP) is 4.75. The van der Waals surface area contributed by atoms with E-state index in [1.807, 2.05) is 0 Å². The number of fused-ring (bicyclic) bond motifs is 2. The van der Waals surface area contributed by atoms with Crippen molar-refractivity contribution in [2.75, 3.05) is 6.54 Å². The zero-order chi connectivity index (χ0) is 18.3. The average Bonchev–Trinajstić information content (AvgIpc) is 3.16. The molecule has 0 saturated heterocycles. The van der Waals surface area contributed by atoms with Crippen molar-refractivity contribution in [3.8, 4) is 0 Å². The van der Waals surface area contributed by atoms with Crippen LogP contribution < -0.4 is 5.73 Å². The number of nitrogens with zero attached hydrogens (tertiary/aromatic N) is 2. The summed E-state index contributed by atoms with van der Waals surface area (Å²) in [4.78, 5) is 0. The van der Waals surface area contributed by atoms with Crippen molar-refractivity contribution in [2.24, 2.45) is 12.8 Å². The number of aryl methyl sites for hydroxylation is 2. The predicted molar refractivity (Wildman–Crippen MR) is 111 cm³/mol. The first-order valence-corrected chi connectivity index (χ1v) is 9.46. The second-order valence-corrected chi connectivity index (χ2v) is 7.17. The van der Waals surface area contributed by atoms with Crippen LogP contribution in [0.25, 0.3) is 21.8 Å². The van der Waals surface area contributed by atoms with Gasteiger partial charge in [0.05, 0.1) is 0 Å². The molecule has 134 valence electrons. The third kappa shape index (κ3) is 2.55. The Kier molecular flexibility index (Phi) is 4.33. The van der Waals surface area contributed by atoms with E-state index in [1.165, 1.54) is 38.6 Å². The second kappa shape index (κ2) is 6.65. The van der Waals surface area contributed by atoms with Gasteiger partial charge in [0.2, 0.25) is 0 Å². The molecule has 2 aromatic heterocycles. The van der Waals surface area contributed by atoms with E-state index in [0.717, 1.165) is 13.0 Å². The van der Waals surface area contributed by atoms with E-state index in [1.54, 1.807) is 0 Å².